The fourth-order valence-electron chi connectivity index (χ4n) is 2.24. The summed E-state index contributed by atoms with van der Waals surface area (Å²) in [6.45, 7) is 2.80. The number of halogens is 1. The van der Waals surface area contributed by atoms with Gasteiger partial charge in [0.05, 0.1) is 0 Å². The summed E-state index contributed by atoms with van der Waals surface area (Å²) in [6.07, 6.45) is 3.95. The lowest BCUT2D eigenvalue weighted by Crippen LogP contribution is -2.59. The van der Waals surface area contributed by atoms with Crippen molar-refractivity contribution in [3.63, 3.8) is 0 Å². The Balaban J connectivity index is 3.20. The van der Waals surface area contributed by atoms with Crippen LogP contribution >= 0.6 is 0 Å². The van der Waals surface area contributed by atoms with E-state index in [4.69, 9.17) is 0 Å². The molecule has 21 heavy (non-hydrogen) atoms. The highest BCUT2D eigenvalue weighted by Gasteiger charge is 2.61. The largest absolute Gasteiger partial charge is 0.285 e. The molecule has 0 bridgehead atoms. The first-order valence-corrected chi connectivity index (χ1v) is 9.89. The quantitative estimate of drug-likeness (QED) is 0.786. The van der Waals surface area contributed by atoms with E-state index in [-0.39, 0.29) is 13.1 Å². The van der Waals surface area contributed by atoms with Crippen LogP contribution in [0.25, 0.3) is 0 Å². The maximum absolute atomic E-state index is 15.0. The van der Waals surface area contributed by atoms with Gasteiger partial charge in [-0.05, 0) is 33.6 Å². The Kier molecular flexibility index (Phi) is 5.46. The highest BCUT2D eigenvalue weighted by molar-refractivity contribution is 7.93. The van der Waals surface area contributed by atoms with Crippen LogP contribution in [0.5, 0.6) is 0 Å². The van der Waals surface area contributed by atoms with Gasteiger partial charge in [-0.1, -0.05) is 19.3 Å². The minimum Gasteiger partial charge on any atom is -0.285 e. The summed E-state index contributed by atoms with van der Waals surface area (Å²) in [5, 5.41) is -3.12. The van der Waals surface area contributed by atoms with Crippen LogP contribution in [0, 0.1) is 0 Å². The maximum Gasteiger partial charge on any atom is 0.274 e. The second kappa shape index (κ2) is 6.10. The summed E-state index contributed by atoms with van der Waals surface area (Å²) >= 11 is 0. The number of hydrogen-bond donors (Lipinski definition) is 1. The van der Waals surface area contributed by atoms with Gasteiger partial charge >= 0.3 is 0 Å². The molecule has 0 spiro atoms. The zero-order valence-corrected chi connectivity index (χ0v) is 14.3. The normalized spacial score (nSPS) is 23.1. The topological polar surface area (TPSA) is 91.8 Å². The minimum atomic E-state index is -4.88. The van der Waals surface area contributed by atoms with E-state index in [2.05, 4.69) is 0 Å². The lowest BCUT2D eigenvalue weighted by Gasteiger charge is -2.38. The molecule has 1 N–H and O–H groups in total. The van der Waals surface area contributed by atoms with Crippen molar-refractivity contribution in [2.75, 3.05) is 13.1 Å². The van der Waals surface area contributed by atoms with Gasteiger partial charge in [-0.15, -0.1) is 0 Å². The first-order chi connectivity index (χ1) is 9.36. The minimum absolute atomic E-state index is 0.170. The Morgan fingerprint density at radius 3 is 1.67 bits per heavy atom. The monoisotopic (exact) mass is 345 g/mol. The SMILES string of the molecule is CC(C)(C(C)(F)S(=O)(=O)N1CCCCCCC1)S(=O)(=O)O. The molecular weight excluding hydrogens is 321 g/mol. The number of sulfonamides is 1. The molecule has 1 heterocycles. The van der Waals surface area contributed by atoms with E-state index in [0.29, 0.717) is 19.8 Å². The van der Waals surface area contributed by atoms with Crippen LogP contribution in [0.3, 0.4) is 0 Å². The Morgan fingerprint density at radius 1 is 0.905 bits per heavy atom. The van der Waals surface area contributed by atoms with Crippen molar-refractivity contribution in [3.05, 3.63) is 0 Å². The van der Waals surface area contributed by atoms with Crippen LogP contribution in [0.4, 0.5) is 4.39 Å². The third-order valence-electron chi connectivity index (χ3n) is 4.36. The molecule has 1 aliphatic rings. The van der Waals surface area contributed by atoms with E-state index < -0.39 is 29.9 Å². The van der Waals surface area contributed by atoms with Crippen LogP contribution < -0.4 is 0 Å². The van der Waals surface area contributed by atoms with Crippen molar-refractivity contribution in [2.24, 2.45) is 0 Å². The van der Waals surface area contributed by atoms with Gasteiger partial charge in [0.2, 0.25) is 5.00 Å². The van der Waals surface area contributed by atoms with E-state index in [1.807, 2.05) is 0 Å². The predicted molar refractivity (Wildman–Crippen MR) is 78.7 cm³/mol. The van der Waals surface area contributed by atoms with Crippen molar-refractivity contribution < 1.29 is 25.8 Å². The molecule has 0 radical (unpaired) electrons. The molecule has 1 aliphatic heterocycles. The van der Waals surface area contributed by atoms with Gasteiger partial charge in [-0.25, -0.2) is 12.8 Å². The molecule has 9 heteroatoms. The summed E-state index contributed by atoms with van der Waals surface area (Å²) < 4.78 is 70.6. The molecule has 1 atom stereocenters. The Bertz CT molecular complexity index is 560. The first kappa shape index (κ1) is 18.8. The van der Waals surface area contributed by atoms with Crippen molar-refractivity contribution >= 4 is 20.1 Å². The van der Waals surface area contributed by atoms with Gasteiger partial charge in [0, 0.05) is 13.1 Å². The molecule has 1 unspecified atom stereocenters. The smallest absolute Gasteiger partial charge is 0.274 e. The molecule has 6 nitrogen and oxygen atoms in total. The van der Waals surface area contributed by atoms with Gasteiger partial charge in [0.15, 0.2) is 0 Å². The zero-order valence-electron chi connectivity index (χ0n) is 12.7. The molecule has 1 fully saturated rings. The first-order valence-electron chi connectivity index (χ1n) is 7.01. The predicted octanol–water partition coefficient (Wildman–Crippen LogP) is 1.93. The van der Waals surface area contributed by atoms with E-state index in [1.165, 1.54) is 0 Å². The molecule has 0 amide bonds. The lowest BCUT2D eigenvalue weighted by atomic mass is 10.1. The third-order valence-corrected chi connectivity index (χ3v) is 8.69. The lowest BCUT2D eigenvalue weighted by molar-refractivity contribution is 0.205. The standard InChI is InChI=1S/C12H24FNO5S2/c1-11(2,21(17,18)19)12(3,13)20(15,16)14-9-7-5-4-6-8-10-14/h4-10H2,1-3H3,(H,17,18,19). The molecule has 126 valence electrons. The fraction of sp³-hybridized carbons (Fsp3) is 1.00. The molecule has 0 aromatic carbocycles. The second-order valence-electron chi connectivity index (χ2n) is 6.07. The molecule has 0 aromatic heterocycles. The number of hydrogen-bond acceptors (Lipinski definition) is 4. The Hall–Kier alpha value is -0.250. The van der Waals surface area contributed by atoms with Gasteiger partial charge in [0.1, 0.15) is 4.75 Å². The zero-order chi connectivity index (χ0) is 16.5. The molecular formula is C12H24FNO5S2. The van der Waals surface area contributed by atoms with Gasteiger partial charge in [-0.3, -0.25) is 4.55 Å². The summed E-state index contributed by atoms with van der Waals surface area (Å²) in [7, 11) is -9.39. The highest BCUT2D eigenvalue weighted by atomic mass is 32.2. The average Bonchev–Trinajstić information content (AvgIpc) is 2.25. The average molecular weight is 345 g/mol. The summed E-state index contributed by atoms with van der Waals surface area (Å²) in [5.41, 5.74) is 0. The molecule has 1 rings (SSSR count). The summed E-state index contributed by atoms with van der Waals surface area (Å²) in [6, 6.07) is 0. The molecule has 0 aliphatic carbocycles. The van der Waals surface area contributed by atoms with Crippen LogP contribution in [0.2, 0.25) is 0 Å². The molecule has 1 saturated heterocycles. The van der Waals surface area contributed by atoms with Crippen LogP contribution in [-0.2, 0) is 20.1 Å². The van der Waals surface area contributed by atoms with Crippen molar-refractivity contribution in [1.82, 2.24) is 4.31 Å². The Morgan fingerprint density at radius 2 is 1.29 bits per heavy atom. The Labute approximate surface area is 126 Å². The molecule has 0 aromatic rings. The fourth-order valence-corrected chi connectivity index (χ4v) is 5.18. The summed E-state index contributed by atoms with van der Waals surface area (Å²) in [4.78, 5) is 0. The van der Waals surface area contributed by atoms with Crippen molar-refractivity contribution in [1.29, 1.82) is 0 Å². The molecule has 0 saturated carbocycles. The third kappa shape index (κ3) is 3.40. The van der Waals surface area contributed by atoms with Crippen LogP contribution in [0.15, 0.2) is 0 Å². The maximum atomic E-state index is 15.0. The summed E-state index contributed by atoms with van der Waals surface area (Å²) in [5.74, 6) is 0. The van der Waals surface area contributed by atoms with Gasteiger partial charge in [0.25, 0.3) is 20.1 Å². The van der Waals surface area contributed by atoms with E-state index >= 15 is 0 Å². The van der Waals surface area contributed by atoms with Crippen LogP contribution in [0.1, 0.15) is 52.9 Å². The number of nitrogens with zero attached hydrogens (tertiary/aromatic N) is 1. The number of alkyl halides is 1. The van der Waals surface area contributed by atoms with Gasteiger partial charge < -0.3 is 0 Å². The van der Waals surface area contributed by atoms with Crippen LogP contribution in [-0.4, -0.2) is 48.5 Å². The second-order valence-corrected chi connectivity index (χ2v) is 10.3. The van der Waals surface area contributed by atoms with E-state index in [1.54, 1.807) is 0 Å². The van der Waals surface area contributed by atoms with Gasteiger partial charge in [-0.2, -0.15) is 12.7 Å². The number of rotatable bonds is 4. The van der Waals surface area contributed by atoms with Crippen molar-refractivity contribution in [3.8, 4) is 0 Å². The van der Waals surface area contributed by atoms with E-state index in [0.717, 1.165) is 37.4 Å². The van der Waals surface area contributed by atoms with E-state index in [9.17, 15) is 25.8 Å². The highest BCUT2D eigenvalue weighted by Crippen LogP contribution is 2.39. The van der Waals surface area contributed by atoms with Crippen molar-refractivity contribution in [2.45, 2.75) is 62.6 Å².